The van der Waals surface area contributed by atoms with Crippen molar-refractivity contribution in [2.24, 2.45) is 16.7 Å². The van der Waals surface area contributed by atoms with Gasteiger partial charge in [0.2, 0.25) is 0 Å². The third-order valence-electron chi connectivity index (χ3n) is 3.86. The summed E-state index contributed by atoms with van der Waals surface area (Å²) >= 11 is 0. The van der Waals surface area contributed by atoms with Gasteiger partial charge in [-0.1, -0.05) is 19.1 Å². The largest absolute Gasteiger partial charge is 0.397 e. The summed E-state index contributed by atoms with van der Waals surface area (Å²) in [4.78, 5) is 0. The average molecular weight is 190 g/mol. The first-order chi connectivity index (χ1) is 5.71. The highest BCUT2D eigenvalue weighted by Gasteiger charge is 2.70. The summed E-state index contributed by atoms with van der Waals surface area (Å²) in [6, 6.07) is 0. The van der Waals surface area contributed by atoms with Crippen LogP contribution in [-0.4, -0.2) is 6.18 Å². The molecule has 74 valence electrons. The molecular formula is C10H13F3. The van der Waals surface area contributed by atoms with Crippen LogP contribution in [0.5, 0.6) is 0 Å². The van der Waals surface area contributed by atoms with E-state index < -0.39 is 11.6 Å². The number of fused-ring (bicyclic) bond motifs is 1. The number of hydrogen-bond acceptors (Lipinski definition) is 0. The van der Waals surface area contributed by atoms with Gasteiger partial charge in [0.25, 0.3) is 0 Å². The Hall–Kier alpha value is -0.470. The number of halogens is 3. The lowest BCUT2D eigenvalue weighted by molar-refractivity contribution is -0.205. The lowest BCUT2D eigenvalue weighted by atomic mass is 9.79. The zero-order valence-corrected chi connectivity index (χ0v) is 7.83. The fourth-order valence-electron chi connectivity index (χ4n) is 2.73. The minimum atomic E-state index is -4.12. The molecular weight excluding hydrogens is 177 g/mol. The molecule has 2 aliphatic carbocycles. The molecule has 0 aromatic heterocycles. The molecule has 0 saturated heterocycles. The number of hydrogen-bond donors (Lipinski definition) is 0. The van der Waals surface area contributed by atoms with E-state index in [-0.39, 0.29) is 17.8 Å². The Kier molecular flexibility index (Phi) is 1.37. The minimum absolute atomic E-state index is 0.0959. The Balaban J connectivity index is 2.33. The maximum absolute atomic E-state index is 12.7. The average Bonchev–Trinajstić information content (AvgIpc) is 2.52. The number of rotatable bonds is 0. The summed E-state index contributed by atoms with van der Waals surface area (Å²) in [5, 5.41) is 0. The fraction of sp³-hybridized carbons (Fsp3) is 0.800. The molecule has 13 heavy (non-hydrogen) atoms. The molecule has 2 rings (SSSR count). The van der Waals surface area contributed by atoms with Crippen molar-refractivity contribution in [2.45, 2.75) is 32.9 Å². The molecule has 0 heterocycles. The van der Waals surface area contributed by atoms with E-state index in [0.29, 0.717) is 5.57 Å². The van der Waals surface area contributed by atoms with Gasteiger partial charge in [-0.3, -0.25) is 0 Å². The second-order valence-corrected chi connectivity index (χ2v) is 4.94. The molecule has 0 amide bonds. The van der Waals surface area contributed by atoms with Crippen LogP contribution in [0.25, 0.3) is 0 Å². The highest BCUT2D eigenvalue weighted by Crippen LogP contribution is 2.74. The zero-order chi connectivity index (χ0) is 10.1. The second-order valence-electron chi connectivity index (χ2n) is 4.94. The van der Waals surface area contributed by atoms with Crippen LogP contribution in [0.1, 0.15) is 26.7 Å². The quantitative estimate of drug-likeness (QED) is 0.512. The number of allylic oxidation sites excluding steroid dienone is 1. The summed E-state index contributed by atoms with van der Waals surface area (Å²) in [6.45, 7) is 6.84. The van der Waals surface area contributed by atoms with E-state index in [1.165, 1.54) is 6.92 Å². The summed E-state index contributed by atoms with van der Waals surface area (Å²) < 4.78 is 38.1. The molecule has 3 unspecified atom stereocenters. The molecule has 0 bridgehead atoms. The Morgan fingerprint density at radius 2 is 1.92 bits per heavy atom. The van der Waals surface area contributed by atoms with E-state index >= 15 is 0 Å². The summed E-state index contributed by atoms with van der Waals surface area (Å²) in [6.07, 6.45) is -3.00. The number of alkyl halides is 3. The Morgan fingerprint density at radius 1 is 1.38 bits per heavy atom. The minimum Gasteiger partial charge on any atom is -0.170 e. The normalized spacial score (nSPS) is 49.3. The lowest BCUT2D eigenvalue weighted by Gasteiger charge is -2.31. The smallest absolute Gasteiger partial charge is 0.170 e. The maximum atomic E-state index is 12.7. The van der Waals surface area contributed by atoms with Crippen LogP contribution < -0.4 is 0 Å². The topological polar surface area (TPSA) is 0 Å². The molecule has 0 aromatic rings. The highest BCUT2D eigenvalue weighted by molar-refractivity contribution is 5.33. The van der Waals surface area contributed by atoms with Crippen molar-refractivity contribution in [1.82, 2.24) is 0 Å². The molecule has 3 heteroatoms. The van der Waals surface area contributed by atoms with Crippen molar-refractivity contribution in [3.63, 3.8) is 0 Å². The molecule has 2 saturated carbocycles. The SMILES string of the molecule is C=C1C2CC2(C)CC1(C)C(F)(F)F. The second kappa shape index (κ2) is 1.96. The van der Waals surface area contributed by atoms with Gasteiger partial charge in [0, 0.05) is 0 Å². The maximum Gasteiger partial charge on any atom is 0.397 e. The predicted octanol–water partition coefficient (Wildman–Crippen LogP) is 3.54. The summed E-state index contributed by atoms with van der Waals surface area (Å²) in [5.74, 6) is 0.124. The predicted molar refractivity (Wildman–Crippen MR) is 44.1 cm³/mol. The van der Waals surface area contributed by atoms with Gasteiger partial charge in [0.15, 0.2) is 0 Å². The van der Waals surface area contributed by atoms with Gasteiger partial charge in [-0.05, 0) is 31.1 Å². The Bertz CT molecular complexity index is 278. The monoisotopic (exact) mass is 190 g/mol. The van der Waals surface area contributed by atoms with Crippen LogP contribution in [0.4, 0.5) is 13.2 Å². The summed E-state index contributed by atoms with van der Waals surface area (Å²) in [7, 11) is 0. The van der Waals surface area contributed by atoms with E-state index in [2.05, 4.69) is 6.58 Å². The van der Waals surface area contributed by atoms with Gasteiger partial charge in [-0.15, -0.1) is 0 Å². The lowest BCUT2D eigenvalue weighted by Crippen LogP contribution is -2.35. The molecule has 0 spiro atoms. The third kappa shape index (κ3) is 0.931. The molecule has 3 atom stereocenters. The van der Waals surface area contributed by atoms with E-state index in [1.807, 2.05) is 6.92 Å². The van der Waals surface area contributed by atoms with Crippen LogP contribution in [0.3, 0.4) is 0 Å². The molecule has 0 radical (unpaired) electrons. The zero-order valence-electron chi connectivity index (χ0n) is 7.83. The van der Waals surface area contributed by atoms with Crippen molar-refractivity contribution in [1.29, 1.82) is 0 Å². The van der Waals surface area contributed by atoms with E-state index in [9.17, 15) is 13.2 Å². The van der Waals surface area contributed by atoms with E-state index in [1.54, 1.807) is 0 Å². The van der Waals surface area contributed by atoms with Gasteiger partial charge >= 0.3 is 6.18 Å². The molecule has 2 fully saturated rings. The first-order valence-corrected chi connectivity index (χ1v) is 4.47. The standard InChI is InChI=1S/C10H13F3/c1-6-7-4-8(7,2)5-9(6,3)10(11,12)13/h7H,1,4-5H2,2-3H3. The van der Waals surface area contributed by atoms with E-state index in [4.69, 9.17) is 0 Å². The van der Waals surface area contributed by atoms with Crippen LogP contribution in [0.2, 0.25) is 0 Å². The first kappa shape index (κ1) is 9.10. The van der Waals surface area contributed by atoms with Gasteiger partial charge in [-0.25, -0.2) is 0 Å². The van der Waals surface area contributed by atoms with Crippen molar-refractivity contribution >= 4 is 0 Å². The Morgan fingerprint density at radius 3 is 2.15 bits per heavy atom. The molecule has 0 nitrogen and oxygen atoms in total. The van der Waals surface area contributed by atoms with Gasteiger partial charge in [-0.2, -0.15) is 13.2 Å². The van der Waals surface area contributed by atoms with Gasteiger partial charge < -0.3 is 0 Å². The van der Waals surface area contributed by atoms with Crippen molar-refractivity contribution in [3.05, 3.63) is 12.2 Å². The van der Waals surface area contributed by atoms with Crippen LogP contribution in [0.15, 0.2) is 12.2 Å². The summed E-state index contributed by atoms with van der Waals surface area (Å²) in [5.41, 5.74) is -1.31. The van der Waals surface area contributed by atoms with Crippen LogP contribution >= 0.6 is 0 Å². The van der Waals surface area contributed by atoms with Crippen molar-refractivity contribution in [3.8, 4) is 0 Å². The van der Waals surface area contributed by atoms with Crippen molar-refractivity contribution < 1.29 is 13.2 Å². The molecule has 0 N–H and O–H groups in total. The van der Waals surface area contributed by atoms with Crippen LogP contribution in [-0.2, 0) is 0 Å². The highest BCUT2D eigenvalue weighted by atomic mass is 19.4. The Labute approximate surface area is 75.8 Å². The third-order valence-corrected chi connectivity index (χ3v) is 3.86. The van der Waals surface area contributed by atoms with Gasteiger partial charge in [0.1, 0.15) is 0 Å². The molecule has 0 aromatic carbocycles. The first-order valence-electron chi connectivity index (χ1n) is 4.47. The molecule has 0 aliphatic heterocycles. The fourth-order valence-corrected chi connectivity index (χ4v) is 2.73. The van der Waals surface area contributed by atoms with Crippen LogP contribution in [0, 0.1) is 16.7 Å². The van der Waals surface area contributed by atoms with E-state index in [0.717, 1.165) is 6.42 Å². The van der Waals surface area contributed by atoms with Crippen molar-refractivity contribution in [2.75, 3.05) is 0 Å². The molecule has 2 aliphatic rings. The van der Waals surface area contributed by atoms with Gasteiger partial charge in [0.05, 0.1) is 5.41 Å².